The third-order valence-electron chi connectivity index (χ3n) is 3.59. The van der Waals surface area contributed by atoms with E-state index in [0.717, 1.165) is 12.1 Å². The molecule has 0 aliphatic rings. The molecule has 1 heterocycles. The molecule has 25 heavy (non-hydrogen) atoms. The summed E-state index contributed by atoms with van der Waals surface area (Å²) in [6.07, 6.45) is 3.51. The highest BCUT2D eigenvalue weighted by atomic mass is 16.5. The van der Waals surface area contributed by atoms with Gasteiger partial charge in [0.1, 0.15) is 0 Å². The van der Waals surface area contributed by atoms with Gasteiger partial charge >= 0.3 is 0 Å². The number of rotatable bonds is 9. The van der Waals surface area contributed by atoms with Gasteiger partial charge in [-0.25, -0.2) is 0 Å². The highest BCUT2D eigenvalue weighted by Crippen LogP contribution is 2.38. The topological polar surface area (TPSA) is 81.7 Å². The van der Waals surface area contributed by atoms with Crippen molar-refractivity contribution in [3.8, 4) is 17.2 Å². The van der Waals surface area contributed by atoms with E-state index in [1.54, 1.807) is 24.5 Å². The summed E-state index contributed by atoms with van der Waals surface area (Å²) in [5.74, 6) is 1.15. The zero-order chi connectivity index (χ0) is 18.1. The number of methoxy groups -OCH3 is 3. The molecule has 1 amide bonds. The van der Waals surface area contributed by atoms with Crippen molar-refractivity contribution >= 4 is 5.91 Å². The lowest BCUT2D eigenvalue weighted by Crippen LogP contribution is -2.31. The van der Waals surface area contributed by atoms with Crippen molar-refractivity contribution in [1.82, 2.24) is 15.6 Å². The zero-order valence-corrected chi connectivity index (χ0v) is 14.7. The Morgan fingerprint density at radius 3 is 2.20 bits per heavy atom. The number of nitrogens with zero attached hydrogens (tertiary/aromatic N) is 1. The highest BCUT2D eigenvalue weighted by Gasteiger charge is 2.16. The number of ether oxygens (including phenoxy) is 3. The van der Waals surface area contributed by atoms with Crippen LogP contribution in [-0.2, 0) is 6.54 Å². The van der Waals surface area contributed by atoms with Crippen molar-refractivity contribution in [2.45, 2.75) is 6.54 Å². The molecule has 2 aromatic rings. The maximum Gasteiger partial charge on any atom is 0.251 e. The van der Waals surface area contributed by atoms with Gasteiger partial charge in [0.15, 0.2) is 11.5 Å². The smallest absolute Gasteiger partial charge is 0.251 e. The summed E-state index contributed by atoms with van der Waals surface area (Å²) in [7, 11) is 4.55. The molecule has 2 rings (SSSR count). The summed E-state index contributed by atoms with van der Waals surface area (Å²) in [6, 6.07) is 7.14. The second-order valence-corrected chi connectivity index (χ2v) is 5.20. The number of pyridine rings is 1. The second kappa shape index (κ2) is 9.48. The monoisotopic (exact) mass is 345 g/mol. The van der Waals surface area contributed by atoms with E-state index < -0.39 is 0 Å². The van der Waals surface area contributed by atoms with Gasteiger partial charge < -0.3 is 24.8 Å². The average Bonchev–Trinajstić information content (AvgIpc) is 2.67. The minimum absolute atomic E-state index is 0.204. The zero-order valence-electron chi connectivity index (χ0n) is 14.7. The van der Waals surface area contributed by atoms with Crippen molar-refractivity contribution in [1.29, 1.82) is 0 Å². The molecular formula is C18H23N3O4. The van der Waals surface area contributed by atoms with Gasteiger partial charge in [-0.15, -0.1) is 0 Å². The minimum Gasteiger partial charge on any atom is -0.493 e. The molecule has 0 radical (unpaired) electrons. The Balaban J connectivity index is 1.88. The Bertz CT molecular complexity index is 667. The van der Waals surface area contributed by atoms with Crippen LogP contribution in [0.15, 0.2) is 36.7 Å². The molecule has 7 nitrogen and oxygen atoms in total. The quantitative estimate of drug-likeness (QED) is 0.672. The van der Waals surface area contributed by atoms with Gasteiger partial charge in [0.25, 0.3) is 5.91 Å². The molecule has 0 fully saturated rings. The Morgan fingerprint density at radius 1 is 1.00 bits per heavy atom. The highest BCUT2D eigenvalue weighted by molar-refractivity contribution is 5.95. The van der Waals surface area contributed by atoms with Gasteiger partial charge in [-0.05, 0) is 29.8 Å². The number of aromatic nitrogens is 1. The van der Waals surface area contributed by atoms with Crippen LogP contribution in [0.5, 0.6) is 17.2 Å². The van der Waals surface area contributed by atoms with Gasteiger partial charge in [-0.1, -0.05) is 0 Å². The van der Waals surface area contributed by atoms with Crippen molar-refractivity contribution in [3.63, 3.8) is 0 Å². The second-order valence-electron chi connectivity index (χ2n) is 5.20. The third kappa shape index (κ3) is 5.09. The molecule has 2 N–H and O–H groups in total. The SMILES string of the molecule is COc1cc(C(=O)NCCNCc2ccncc2)cc(OC)c1OC. The van der Waals surface area contributed by atoms with Gasteiger partial charge in [0.2, 0.25) is 5.75 Å². The van der Waals surface area contributed by atoms with Crippen LogP contribution in [0.3, 0.4) is 0 Å². The van der Waals surface area contributed by atoms with Crippen LogP contribution in [-0.4, -0.2) is 45.3 Å². The van der Waals surface area contributed by atoms with Crippen molar-refractivity contribution in [2.75, 3.05) is 34.4 Å². The molecule has 0 bridgehead atoms. The summed E-state index contributed by atoms with van der Waals surface area (Å²) in [6.45, 7) is 1.88. The fourth-order valence-corrected chi connectivity index (χ4v) is 2.31. The first-order valence-electron chi connectivity index (χ1n) is 7.87. The first-order valence-corrected chi connectivity index (χ1v) is 7.87. The molecule has 0 aliphatic carbocycles. The first kappa shape index (κ1) is 18.5. The van der Waals surface area contributed by atoms with E-state index in [9.17, 15) is 4.79 Å². The third-order valence-corrected chi connectivity index (χ3v) is 3.59. The maximum atomic E-state index is 12.3. The van der Waals surface area contributed by atoms with E-state index in [2.05, 4.69) is 15.6 Å². The number of hydrogen-bond donors (Lipinski definition) is 2. The van der Waals surface area contributed by atoms with Gasteiger partial charge in [-0.2, -0.15) is 0 Å². The standard InChI is InChI=1S/C18H23N3O4/c1-23-15-10-14(11-16(24-2)17(15)25-3)18(22)21-9-8-20-12-13-4-6-19-7-5-13/h4-7,10-11,20H,8-9,12H2,1-3H3,(H,21,22). The number of hydrogen-bond acceptors (Lipinski definition) is 6. The predicted molar refractivity (Wildman–Crippen MR) is 94.4 cm³/mol. The predicted octanol–water partition coefficient (Wildman–Crippen LogP) is 1.63. The minimum atomic E-state index is -0.204. The molecule has 0 atom stereocenters. The lowest BCUT2D eigenvalue weighted by molar-refractivity contribution is 0.0953. The maximum absolute atomic E-state index is 12.3. The molecule has 0 spiro atoms. The van der Waals surface area contributed by atoms with Crippen LogP contribution < -0.4 is 24.8 Å². The fraction of sp³-hybridized carbons (Fsp3) is 0.333. The molecule has 0 aliphatic heterocycles. The van der Waals surface area contributed by atoms with Crippen LogP contribution in [0, 0.1) is 0 Å². The summed E-state index contributed by atoms with van der Waals surface area (Å²) in [5, 5.41) is 6.12. The van der Waals surface area contributed by atoms with Crippen molar-refractivity contribution < 1.29 is 19.0 Å². The average molecular weight is 345 g/mol. The Kier molecular flexibility index (Phi) is 7.03. The fourth-order valence-electron chi connectivity index (χ4n) is 2.31. The summed E-state index contributed by atoms with van der Waals surface area (Å²) < 4.78 is 15.8. The molecule has 1 aromatic carbocycles. The molecular weight excluding hydrogens is 322 g/mol. The van der Waals surface area contributed by atoms with E-state index in [4.69, 9.17) is 14.2 Å². The Labute approximate surface area is 147 Å². The molecule has 0 unspecified atom stereocenters. The summed E-state index contributed by atoms with van der Waals surface area (Å²) in [4.78, 5) is 16.3. The van der Waals surface area contributed by atoms with Gasteiger partial charge in [-0.3, -0.25) is 9.78 Å². The van der Waals surface area contributed by atoms with Crippen molar-refractivity contribution in [2.24, 2.45) is 0 Å². The van der Waals surface area contributed by atoms with E-state index in [0.29, 0.717) is 35.9 Å². The van der Waals surface area contributed by atoms with Gasteiger partial charge in [0, 0.05) is 37.6 Å². The number of carbonyl (C=O) groups excluding carboxylic acids is 1. The molecule has 1 aromatic heterocycles. The molecule has 7 heteroatoms. The van der Waals surface area contributed by atoms with Crippen LogP contribution in [0.25, 0.3) is 0 Å². The van der Waals surface area contributed by atoms with E-state index in [-0.39, 0.29) is 5.91 Å². The molecule has 134 valence electrons. The lowest BCUT2D eigenvalue weighted by atomic mass is 10.1. The largest absolute Gasteiger partial charge is 0.493 e. The lowest BCUT2D eigenvalue weighted by Gasteiger charge is -2.14. The van der Waals surface area contributed by atoms with Crippen LogP contribution in [0.4, 0.5) is 0 Å². The number of benzene rings is 1. The molecule has 0 saturated heterocycles. The first-order chi connectivity index (χ1) is 12.2. The van der Waals surface area contributed by atoms with Crippen LogP contribution in [0.2, 0.25) is 0 Å². The Morgan fingerprint density at radius 2 is 1.64 bits per heavy atom. The summed E-state index contributed by atoms with van der Waals surface area (Å²) in [5.41, 5.74) is 1.59. The van der Waals surface area contributed by atoms with Crippen LogP contribution >= 0.6 is 0 Å². The number of amides is 1. The summed E-state index contributed by atoms with van der Waals surface area (Å²) >= 11 is 0. The number of nitrogens with one attached hydrogen (secondary N) is 2. The normalized spacial score (nSPS) is 10.2. The number of carbonyl (C=O) groups is 1. The van der Waals surface area contributed by atoms with Crippen LogP contribution in [0.1, 0.15) is 15.9 Å². The van der Waals surface area contributed by atoms with E-state index in [1.807, 2.05) is 12.1 Å². The molecule has 0 saturated carbocycles. The van der Waals surface area contributed by atoms with Crippen molar-refractivity contribution in [3.05, 3.63) is 47.8 Å². The van der Waals surface area contributed by atoms with Gasteiger partial charge in [0.05, 0.1) is 21.3 Å². The van der Waals surface area contributed by atoms with E-state index >= 15 is 0 Å². The van der Waals surface area contributed by atoms with E-state index in [1.165, 1.54) is 21.3 Å². The Hall–Kier alpha value is -2.80.